The molecule has 2 rings (SSSR count). The number of aryl methyl sites for hydroxylation is 1. The van der Waals surface area contributed by atoms with Gasteiger partial charge in [-0.2, -0.15) is 0 Å². The Balaban J connectivity index is 2.27. The standard InChI is InChI=1S/C18H20N2O5S/c1-12-5-6-15(11-17(12)20(22)23)18(21)19(3)13(2)14-7-9-16(10-8-14)26(4,24)25/h5-11,13H,1-4H3/t13-/m0/s1. The van der Waals surface area contributed by atoms with Crippen LogP contribution in [0.5, 0.6) is 0 Å². The van der Waals surface area contributed by atoms with Crippen molar-refractivity contribution < 1.29 is 18.1 Å². The van der Waals surface area contributed by atoms with Gasteiger partial charge in [-0.15, -0.1) is 0 Å². The van der Waals surface area contributed by atoms with Gasteiger partial charge in [0.15, 0.2) is 9.84 Å². The Hall–Kier alpha value is -2.74. The average molecular weight is 376 g/mol. The lowest BCUT2D eigenvalue weighted by Gasteiger charge is -2.25. The molecular weight excluding hydrogens is 356 g/mol. The molecule has 0 saturated carbocycles. The molecule has 0 aliphatic carbocycles. The molecule has 0 aliphatic heterocycles. The van der Waals surface area contributed by atoms with Crippen LogP contribution in [0.3, 0.4) is 0 Å². The quantitative estimate of drug-likeness (QED) is 0.590. The Morgan fingerprint density at radius 3 is 2.23 bits per heavy atom. The third kappa shape index (κ3) is 4.08. The largest absolute Gasteiger partial charge is 0.335 e. The number of hydrogen-bond acceptors (Lipinski definition) is 5. The molecule has 0 radical (unpaired) electrons. The second kappa shape index (κ2) is 7.25. The van der Waals surface area contributed by atoms with Gasteiger partial charge in [0, 0.05) is 30.5 Å². The van der Waals surface area contributed by atoms with Gasteiger partial charge in [-0.3, -0.25) is 14.9 Å². The van der Waals surface area contributed by atoms with Gasteiger partial charge in [-0.1, -0.05) is 18.2 Å². The summed E-state index contributed by atoms with van der Waals surface area (Å²) in [5.74, 6) is -0.354. The van der Waals surface area contributed by atoms with Crippen molar-refractivity contribution in [1.82, 2.24) is 4.90 Å². The van der Waals surface area contributed by atoms with Crippen LogP contribution >= 0.6 is 0 Å². The summed E-state index contributed by atoms with van der Waals surface area (Å²) in [4.78, 5) is 24.9. The first kappa shape index (κ1) is 19.6. The lowest BCUT2D eigenvalue weighted by Crippen LogP contribution is -2.29. The van der Waals surface area contributed by atoms with Gasteiger partial charge in [0.2, 0.25) is 0 Å². The Labute approximate surface area is 152 Å². The van der Waals surface area contributed by atoms with E-state index in [9.17, 15) is 23.3 Å². The third-order valence-corrected chi connectivity index (χ3v) is 5.47. The predicted octanol–water partition coefficient (Wildman–Crippen LogP) is 3.14. The normalized spacial score (nSPS) is 12.5. The van der Waals surface area contributed by atoms with Crippen LogP contribution in [0.15, 0.2) is 47.4 Å². The van der Waals surface area contributed by atoms with Gasteiger partial charge >= 0.3 is 0 Å². The van der Waals surface area contributed by atoms with Crippen LogP contribution < -0.4 is 0 Å². The molecule has 0 unspecified atom stereocenters. The van der Waals surface area contributed by atoms with Crippen molar-refractivity contribution in [2.24, 2.45) is 0 Å². The van der Waals surface area contributed by atoms with Crippen LogP contribution in [-0.2, 0) is 9.84 Å². The van der Waals surface area contributed by atoms with Gasteiger partial charge in [-0.05, 0) is 37.6 Å². The van der Waals surface area contributed by atoms with Crippen molar-refractivity contribution in [2.45, 2.75) is 24.8 Å². The fourth-order valence-electron chi connectivity index (χ4n) is 2.54. The van der Waals surface area contributed by atoms with Crippen molar-refractivity contribution in [1.29, 1.82) is 0 Å². The van der Waals surface area contributed by atoms with E-state index in [1.54, 1.807) is 45.2 Å². The summed E-state index contributed by atoms with van der Waals surface area (Å²) in [6, 6.07) is 10.3. The van der Waals surface area contributed by atoms with Crippen molar-refractivity contribution in [3.05, 3.63) is 69.3 Å². The molecule has 0 N–H and O–H groups in total. The van der Waals surface area contributed by atoms with E-state index >= 15 is 0 Å². The van der Waals surface area contributed by atoms with Gasteiger partial charge in [0.25, 0.3) is 11.6 Å². The highest BCUT2D eigenvalue weighted by Crippen LogP contribution is 2.25. The summed E-state index contributed by atoms with van der Waals surface area (Å²) in [6.45, 7) is 3.41. The number of benzene rings is 2. The molecule has 0 fully saturated rings. The fraction of sp³-hybridized carbons (Fsp3) is 0.278. The van der Waals surface area contributed by atoms with E-state index in [2.05, 4.69) is 0 Å². The van der Waals surface area contributed by atoms with Crippen molar-refractivity contribution in [2.75, 3.05) is 13.3 Å². The summed E-state index contributed by atoms with van der Waals surface area (Å²) < 4.78 is 23.1. The number of amides is 1. The highest BCUT2D eigenvalue weighted by molar-refractivity contribution is 7.90. The Bertz CT molecular complexity index is 952. The van der Waals surface area contributed by atoms with Gasteiger partial charge in [0.05, 0.1) is 15.9 Å². The van der Waals surface area contributed by atoms with Crippen molar-refractivity contribution in [3.8, 4) is 0 Å². The molecule has 0 heterocycles. The summed E-state index contributed by atoms with van der Waals surface area (Å²) in [5, 5.41) is 11.1. The second-order valence-corrected chi connectivity index (χ2v) is 8.21. The molecule has 1 amide bonds. The zero-order chi connectivity index (χ0) is 19.6. The third-order valence-electron chi connectivity index (χ3n) is 4.34. The Morgan fingerprint density at radius 2 is 1.73 bits per heavy atom. The lowest BCUT2D eigenvalue weighted by molar-refractivity contribution is -0.385. The summed E-state index contributed by atoms with van der Waals surface area (Å²) in [6.07, 6.45) is 1.13. The molecule has 8 heteroatoms. The van der Waals surface area contributed by atoms with Crippen LogP contribution in [0.25, 0.3) is 0 Å². The highest BCUT2D eigenvalue weighted by Gasteiger charge is 2.22. The summed E-state index contributed by atoms with van der Waals surface area (Å²) >= 11 is 0. The number of carbonyl (C=O) groups excluding carboxylic acids is 1. The summed E-state index contributed by atoms with van der Waals surface area (Å²) in [5.41, 5.74) is 1.37. The average Bonchev–Trinajstić information content (AvgIpc) is 2.59. The first-order chi connectivity index (χ1) is 12.0. The molecule has 0 spiro atoms. The van der Waals surface area contributed by atoms with Crippen LogP contribution in [0.4, 0.5) is 5.69 Å². The number of nitro benzene ring substituents is 1. The number of nitro groups is 1. The SMILES string of the molecule is Cc1ccc(C(=O)N(C)[C@@H](C)c2ccc(S(C)(=O)=O)cc2)cc1[N+](=O)[O-]. The maximum atomic E-state index is 12.7. The number of sulfone groups is 1. The molecule has 2 aromatic rings. The molecule has 0 aliphatic rings. The molecule has 0 saturated heterocycles. The first-order valence-corrected chi connectivity index (χ1v) is 9.73. The van der Waals surface area contributed by atoms with E-state index in [1.807, 2.05) is 0 Å². The van der Waals surface area contributed by atoms with Crippen LogP contribution in [0.2, 0.25) is 0 Å². The van der Waals surface area contributed by atoms with Gasteiger partial charge < -0.3 is 4.90 Å². The van der Waals surface area contributed by atoms with E-state index in [-0.39, 0.29) is 28.1 Å². The molecule has 0 bridgehead atoms. The molecule has 0 aromatic heterocycles. The topological polar surface area (TPSA) is 97.6 Å². The minimum absolute atomic E-state index is 0.102. The van der Waals surface area contributed by atoms with E-state index in [0.29, 0.717) is 5.56 Å². The minimum Gasteiger partial charge on any atom is -0.335 e. The fourth-order valence-corrected chi connectivity index (χ4v) is 3.17. The second-order valence-electron chi connectivity index (χ2n) is 6.19. The van der Waals surface area contributed by atoms with E-state index in [4.69, 9.17) is 0 Å². The van der Waals surface area contributed by atoms with E-state index < -0.39 is 14.8 Å². The Kier molecular flexibility index (Phi) is 5.46. The first-order valence-electron chi connectivity index (χ1n) is 7.84. The maximum Gasteiger partial charge on any atom is 0.273 e. The van der Waals surface area contributed by atoms with Crippen LogP contribution in [0, 0.1) is 17.0 Å². The van der Waals surface area contributed by atoms with E-state index in [1.165, 1.54) is 23.1 Å². The molecular formula is C18H20N2O5S. The van der Waals surface area contributed by atoms with Crippen molar-refractivity contribution >= 4 is 21.4 Å². The molecule has 26 heavy (non-hydrogen) atoms. The molecule has 7 nitrogen and oxygen atoms in total. The maximum absolute atomic E-state index is 12.7. The number of nitrogens with zero attached hydrogens (tertiary/aromatic N) is 2. The van der Waals surface area contributed by atoms with Gasteiger partial charge in [-0.25, -0.2) is 8.42 Å². The number of carbonyl (C=O) groups is 1. The predicted molar refractivity (Wildman–Crippen MR) is 97.9 cm³/mol. The smallest absolute Gasteiger partial charge is 0.273 e. The Morgan fingerprint density at radius 1 is 1.15 bits per heavy atom. The van der Waals surface area contributed by atoms with Crippen molar-refractivity contribution in [3.63, 3.8) is 0 Å². The number of rotatable bonds is 5. The number of hydrogen-bond donors (Lipinski definition) is 0. The van der Waals surface area contributed by atoms with E-state index in [0.717, 1.165) is 11.8 Å². The van der Waals surface area contributed by atoms with Gasteiger partial charge in [0.1, 0.15) is 0 Å². The molecule has 1 atom stereocenters. The zero-order valence-electron chi connectivity index (χ0n) is 15.0. The summed E-state index contributed by atoms with van der Waals surface area (Å²) in [7, 11) is -1.69. The monoisotopic (exact) mass is 376 g/mol. The molecule has 2 aromatic carbocycles. The minimum atomic E-state index is -3.29. The van der Waals surface area contributed by atoms with Crippen LogP contribution in [0.1, 0.15) is 34.5 Å². The zero-order valence-corrected chi connectivity index (χ0v) is 15.8. The highest BCUT2D eigenvalue weighted by atomic mass is 32.2. The molecule has 138 valence electrons. The lowest BCUT2D eigenvalue weighted by atomic mass is 10.1. The van der Waals surface area contributed by atoms with Crippen LogP contribution in [-0.4, -0.2) is 37.5 Å².